The van der Waals surface area contributed by atoms with Gasteiger partial charge in [0.2, 0.25) is 0 Å². The Kier molecular flexibility index (Phi) is 5.76. The number of amides is 1. The number of morpholine rings is 1. The molecule has 146 valence electrons. The zero-order chi connectivity index (χ0) is 19.5. The van der Waals surface area contributed by atoms with Crippen LogP contribution in [0.25, 0.3) is 0 Å². The molecule has 4 rings (SSSR count). The summed E-state index contributed by atoms with van der Waals surface area (Å²) in [6, 6.07) is 15.8. The molecule has 0 spiro atoms. The van der Waals surface area contributed by atoms with E-state index in [0.717, 1.165) is 29.9 Å². The molecule has 5 nitrogen and oxygen atoms in total. The molecule has 0 unspecified atom stereocenters. The summed E-state index contributed by atoms with van der Waals surface area (Å²) in [6.45, 7) is 5.27. The molecule has 28 heavy (non-hydrogen) atoms. The highest BCUT2D eigenvalue weighted by atomic mass is 35.5. The molecule has 0 radical (unpaired) electrons. The molecule has 2 aliphatic rings. The molecule has 2 aromatic rings. The summed E-state index contributed by atoms with van der Waals surface area (Å²) in [5.74, 6) is -0.00562. The SMILES string of the molecule is Cc1ccc(C2=NN(C(=O)CN3CCOCC3)[C@H](c3ccccc3Cl)C2)cc1. The first-order chi connectivity index (χ1) is 13.6. The highest BCUT2D eigenvalue weighted by molar-refractivity contribution is 6.31. The molecule has 6 heteroatoms. The second-order valence-electron chi connectivity index (χ2n) is 7.28. The van der Waals surface area contributed by atoms with Crippen LogP contribution in [0.1, 0.15) is 29.2 Å². The van der Waals surface area contributed by atoms with Gasteiger partial charge in [0.05, 0.1) is 31.5 Å². The molecule has 1 saturated heterocycles. The molecule has 0 N–H and O–H groups in total. The number of carbonyl (C=O) groups excluding carboxylic acids is 1. The van der Waals surface area contributed by atoms with Crippen LogP contribution in [0.5, 0.6) is 0 Å². The summed E-state index contributed by atoms with van der Waals surface area (Å²) in [7, 11) is 0. The minimum Gasteiger partial charge on any atom is -0.379 e. The number of nitrogens with zero attached hydrogens (tertiary/aromatic N) is 3. The number of benzene rings is 2. The van der Waals surface area contributed by atoms with Gasteiger partial charge in [-0.25, -0.2) is 5.01 Å². The fourth-order valence-corrected chi connectivity index (χ4v) is 3.93. The van der Waals surface area contributed by atoms with E-state index in [1.807, 2.05) is 24.3 Å². The lowest BCUT2D eigenvalue weighted by atomic mass is 9.98. The summed E-state index contributed by atoms with van der Waals surface area (Å²) in [4.78, 5) is 15.3. The van der Waals surface area contributed by atoms with Gasteiger partial charge in [-0.1, -0.05) is 59.6 Å². The van der Waals surface area contributed by atoms with Crippen molar-refractivity contribution in [2.75, 3.05) is 32.8 Å². The van der Waals surface area contributed by atoms with Crippen LogP contribution < -0.4 is 0 Å². The molecule has 0 aromatic heterocycles. The van der Waals surface area contributed by atoms with Gasteiger partial charge >= 0.3 is 0 Å². The number of hydrazone groups is 1. The fraction of sp³-hybridized carbons (Fsp3) is 0.364. The highest BCUT2D eigenvalue weighted by Gasteiger charge is 2.34. The van der Waals surface area contributed by atoms with E-state index < -0.39 is 0 Å². The smallest absolute Gasteiger partial charge is 0.257 e. The lowest BCUT2D eigenvalue weighted by molar-refractivity contribution is -0.135. The average molecular weight is 398 g/mol. The zero-order valence-corrected chi connectivity index (χ0v) is 16.7. The van der Waals surface area contributed by atoms with Gasteiger partial charge in [-0.2, -0.15) is 5.10 Å². The average Bonchev–Trinajstić information content (AvgIpc) is 3.15. The summed E-state index contributed by atoms with van der Waals surface area (Å²) in [5, 5.41) is 7.03. The Morgan fingerprint density at radius 3 is 2.57 bits per heavy atom. The summed E-state index contributed by atoms with van der Waals surface area (Å²) in [6.07, 6.45) is 0.654. The fourth-order valence-electron chi connectivity index (χ4n) is 3.67. The van der Waals surface area contributed by atoms with E-state index >= 15 is 0 Å². The van der Waals surface area contributed by atoms with Crippen molar-refractivity contribution in [3.05, 3.63) is 70.2 Å². The van der Waals surface area contributed by atoms with Crippen LogP contribution >= 0.6 is 11.6 Å². The Labute approximate surface area is 170 Å². The summed E-state index contributed by atoms with van der Waals surface area (Å²) < 4.78 is 5.39. The predicted octanol–water partition coefficient (Wildman–Crippen LogP) is 3.66. The molecule has 2 heterocycles. The number of aryl methyl sites for hydroxylation is 1. The van der Waals surface area contributed by atoms with Gasteiger partial charge in [0, 0.05) is 24.5 Å². The van der Waals surface area contributed by atoms with Crippen molar-refractivity contribution in [2.45, 2.75) is 19.4 Å². The third-order valence-electron chi connectivity index (χ3n) is 5.28. The number of hydrogen-bond acceptors (Lipinski definition) is 4. The third kappa shape index (κ3) is 4.12. The van der Waals surface area contributed by atoms with E-state index in [1.165, 1.54) is 5.56 Å². The van der Waals surface area contributed by atoms with E-state index in [4.69, 9.17) is 21.4 Å². The van der Waals surface area contributed by atoms with Crippen molar-refractivity contribution in [1.82, 2.24) is 9.91 Å². The van der Waals surface area contributed by atoms with E-state index in [1.54, 1.807) is 5.01 Å². The standard InChI is InChI=1S/C22H24ClN3O2/c1-16-6-8-17(9-7-16)20-14-21(18-4-2-3-5-19(18)23)26(24-20)22(27)15-25-10-12-28-13-11-25/h2-9,21H,10-15H2,1H3/t21-/m0/s1. The monoisotopic (exact) mass is 397 g/mol. The van der Waals surface area contributed by atoms with Crippen LogP contribution in [-0.2, 0) is 9.53 Å². The predicted molar refractivity (Wildman–Crippen MR) is 111 cm³/mol. The molecule has 1 amide bonds. The molecule has 0 saturated carbocycles. The van der Waals surface area contributed by atoms with Gasteiger partial charge in [-0.3, -0.25) is 9.69 Å². The highest BCUT2D eigenvalue weighted by Crippen LogP contribution is 2.36. The minimum absolute atomic E-state index is 0.00562. The second-order valence-corrected chi connectivity index (χ2v) is 7.69. The largest absolute Gasteiger partial charge is 0.379 e. The van der Waals surface area contributed by atoms with Crippen LogP contribution in [0, 0.1) is 6.92 Å². The Bertz CT molecular complexity index is 876. The third-order valence-corrected chi connectivity index (χ3v) is 5.62. The number of hydrogen-bond donors (Lipinski definition) is 0. The molecular weight excluding hydrogens is 374 g/mol. The van der Waals surface area contributed by atoms with E-state index in [2.05, 4.69) is 36.1 Å². The summed E-state index contributed by atoms with van der Waals surface area (Å²) >= 11 is 6.46. The van der Waals surface area contributed by atoms with Crippen molar-refractivity contribution in [3.63, 3.8) is 0 Å². The maximum Gasteiger partial charge on any atom is 0.257 e. The first-order valence-corrected chi connectivity index (χ1v) is 10.0. The van der Waals surface area contributed by atoms with Crippen molar-refractivity contribution in [2.24, 2.45) is 5.10 Å². The number of rotatable bonds is 4. The van der Waals surface area contributed by atoms with Crippen LogP contribution in [0.15, 0.2) is 53.6 Å². The lowest BCUT2D eigenvalue weighted by Gasteiger charge is -2.29. The van der Waals surface area contributed by atoms with Gasteiger partial charge in [0.25, 0.3) is 5.91 Å². The van der Waals surface area contributed by atoms with Crippen molar-refractivity contribution in [3.8, 4) is 0 Å². The van der Waals surface area contributed by atoms with E-state index in [0.29, 0.717) is 31.2 Å². The van der Waals surface area contributed by atoms with Gasteiger partial charge in [0.1, 0.15) is 0 Å². The number of halogens is 1. The van der Waals surface area contributed by atoms with Crippen molar-refractivity contribution < 1.29 is 9.53 Å². The molecule has 0 bridgehead atoms. The molecule has 1 atom stereocenters. The quantitative estimate of drug-likeness (QED) is 0.790. The molecule has 2 aliphatic heterocycles. The van der Waals surface area contributed by atoms with Crippen molar-refractivity contribution in [1.29, 1.82) is 0 Å². The maximum absolute atomic E-state index is 13.1. The molecule has 2 aromatic carbocycles. The van der Waals surface area contributed by atoms with Crippen molar-refractivity contribution >= 4 is 23.2 Å². The van der Waals surface area contributed by atoms with Crippen LogP contribution in [0.4, 0.5) is 0 Å². The van der Waals surface area contributed by atoms with E-state index in [9.17, 15) is 4.79 Å². The first-order valence-electron chi connectivity index (χ1n) is 9.63. The first kappa shape index (κ1) is 19.1. The number of carbonyl (C=O) groups is 1. The minimum atomic E-state index is -0.182. The van der Waals surface area contributed by atoms with Gasteiger partial charge in [-0.05, 0) is 24.1 Å². The molecule has 0 aliphatic carbocycles. The lowest BCUT2D eigenvalue weighted by Crippen LogP contribution is -2.43. The molecule has 1 fully saturated rings. The zero-order valence-electron chi connectivity index (χ0n) is 16.0. The van der Waals surface area contributed by atoms with Gasteiger partial charge in [0.15, 0.2) is 0 Å². The van der Waals surface area contributed by atoms with Crippen LogP contribution in [0.2, 0.25) is 5.02 Å². The normalized spacial score (nSPS) is 20.3. The topological polar surface area (TPSA) is 45.1 Å². The number of ether oxygens (including phenoxy) is 1. The van der Waals surface area contributed by atoms with E-state index in [-0.39, 0.29) is 11.9 Å². The Morgan fingerprint density at radius 1 is 1.14 bits per heavy atom. The van der Waals surface area contributed by atoms with Gasteiger partial charge in [-0.15, -0.1) is 0 Å². The van der Waals surface area contributed by atoms with Crippen LogP contribution in [0.3, 0.4) is 0 Å². The van der Waals surface area contributed by atoms with Crippen LogP contribution in [-0.4, -0.2) is 54.4 Å². The maximum atomic E-state index is 13.1. The summed E-state index contributed by atoms with van der Waals surface area (Å²) in [5.41, 5.74) is 4.10. The Hall–Kier alpha value is -2.21. The second kappa shape index (κ2) is 8.43. The van der Waals surface area contributed by atoms with Gasteiger partial charge < -0.3 is 4.74 Å². The molecular formula is C22H24ClN3O2. The Balaban J connectivity index is 1.62. The Morgan fingerprint density at radius 2 is 1.86 bits per heavy atom.